The highest BCUT2D eigenvalue weighted by atomic mass is 32.2. The number of hydrogen-bond acceptors (Lipinski definition) is 6. The van der Waals surface area contributed by atoms with Gasteiger partial charge in [0.1, 0.15) is 5.82 Å². The summed E-state index contributed by atoms with van der Waals surface area (Å²) in [5, 5.41) is 9.14. The third kappa shape index (κ3) is 5.29. The van der Waals surface area contributed by atoms with Crippen LogP contribution < -0.4 is 0 Å². The molecule has 0 unspecified atom stereocenters. The summed E-state index contributed by atoms with van der Waals surface area (Å²) >= 11 is 1.34. The van der Waals surface area contributed by atoms with Gasteiger partial charge in [-0.2, -0.15) is 0 Å². The highest BCUT2D eigenvalue weighted by Crippen LogP contribution is 2.33. The van der Waals surface area contributed by atoms with Crippen molar-refractivity contribution < 1.29 is 13.2 Å². The van der Waals surface area contributed by atoms with Crippen LogP contribution in [0.2, 0.25) is 0 Å². The maximum atomic E-state index is 12.7. The summed E-state index contributed by atoms with van der Waals surface area (Å²) in [6, 6.07) is 8.09. The highest BCUT2D eigenvalue weighted by Gasteiger charge is 2.33. The molecule has 166 valence electrons. The number of aromatic nitrogens is 3. The number of Topliss-reactive ketones (excluding diaryl/α,β-unsaturated/α-hetero) is 1. The normalized spacial score (nSPS) is 21.2. The third-order valence-electron chi connectivity index (χ3n) is 6.30. The quantitative estimate of drug-likeness (QED) is 0.331. The fourth-order valence-electron chi connectivity index (χ4n) is 4.60. The predicted octanol–water partition coefficient (Wildman–Crippen LogP) is 4.39. The molecule has 2 aliphatic rings. The van der Waals surface area contributed by atoms with E-state index in [2.05, 4.69) is 28.9 Å². The summed E-state index contributed by atoms with van der Waals surface area (Å²) < 4.78 is 25.6. The topological polar surface area (TPSA) is 81.9 Å². The first kappa shape index (κ1) is 22.3. The van der Waals surface area contributed by atoms with Crippen LogP contribution in [0.1, 0.15) is 72.1 Å². The second kappa shape index (κ2) is 9.69. The third-order valence-corrected chi connectivity index (χ3v) is 9.03. The van der Waals surface area contributed by atoms with Crippen molar-refractivity contribution in [2.24, 2.45) is 0 Å². The zero-order valence-electron chi connectivity index (χ0n) is 17.7. The summed E-state index contributed by atoms with van der Waals surface area (Å²) in [6.07, 6.45) is 8.71. The van der Waals surface area contributed by atoms with E-state index in [9.17, 15) is 13.2 Å². The lowest BCUT2D eigenvalue weighted by molar-refractivity contribution is 0.102. The largest absolute Gasteiger partial charge is 0.302 e. The molecule has 0 spiro atoms. The number of allylic oxidation sites excluding steroid dienone is 1. The summed E-state index contributed by atoms with van der Waals surface area (Å²) in [5.74, 6) is 1.78. The van der Waals surface area contributed by atoms with Gasteiger partial charge in [0.25, 0.3) is 0 Å². The molecule has 1 saturated heterocycles. The number of nitrogens with zero attached hydrogens (tertiary/aromatic N) is 3. The Bertz CT molecular complexity index is 1040. The molecule has 2 aromatic rings. The SMILES string of the molecule is C=CCn1c(SCC(=O)c2ccc(C3CCCCC3)cc2)nnc1[C@H]1CCS(=O)(=O)C1. The maximum Gasteiger partial charge on any atom is 0.191 e. The average Bonchev–Trinajstić information content (AvgIpc) is 3.35. The number of rotatable bonds is 8. The summed E-state index contributed by atoms with van der Waals surface area (Å²) in [6.45, 7) is 4.28. The van der Waals surface area contributed by atoms with Gasteiger partial charge >= 0.3 is 0 Å². The highest BCUT2D eigenvalue weighted by molar-refractivity contribution is 7.99. The van der Waals surface area contributed by atoms with Gasteiger partial charge in [-0.3, -0.25) is 4.79 Å². The molecule has 8 heteroatoms. The van der Waals surface area contributed by atoms with Crippen molar-refractivity contribution in [3.8, 4) is 0 Å². The predicted molar refractivity (Wildman–Crippen MR) is 124 cm³/mol. The molecule has 0 radical (unpaired) electrons. The van der Waals surface area contributed by atoms with Gasteiger partial charge < -0.3 is 4.57 Å². The van der Waals surface area contributed by atoms with Crippen LogP contribution in [-0.4, -0.2) is 46.2 Å². The fourth-order valence-corrected chi connectivity index (χ4v) is 7.19. The van der Waals surface area contributed by atoms with Crippen molar-refractivity contribution in [3.63, 3.8) is 0 Å². The molecular weight excluding hydrogens is 430 g/mol. The minimum atomic E-state index is -3.01. The van der Waals surface area contributed by atoms with Crippen molar-refractivity contribution in [1.82, 2.24) is 14.8 Å². The van der Waals surface area contributed by atoms with Gasteiger partial charge in [-0.05, 0) is 30.7 Å². The van der Waals surface area contributed by atoms with Crippen LogP contribution in [0.15, 0.2) is 42.1 Å². The molecule has 31 heavy (non-hydrogen) atoms. The van der Waals surface area contributed by atoms with Crippen LogP contribution in [0, 0.1) is 0 Å². The Kier molecular flexibility index (Phi) is 6.96. The van der Waals surface area contributed by atoms with E-state index in [0.717, 1.165) is 0 Å². The van der Waals surface area contributed by atoms with E-state index in [0.29, 0.717) is 35.4 Å². The van der Waals surface area contributed by atoms with Crippen LogP contribution in [-0.2, 0) is 16.4 Å². The van der Waals surface area contributed by atoms with Crippen LogP contribution in [0.25, 0.3) is 0 Å². The molecule has 6 nitrogen and oxygen atoms in total. The van der Waals surface area contributed by atoms with Gasteiger partial charge in [0, 0.05) is 18.0 Å². The van der Waals surface area contributed by atoms with E-state index >= 15 is 0 Å². The Morgan fingerprint density at radius 1 is 1.10 bits per heavy atom. The van der Waals surface area contributed by atoms with Crippen molar-refractivity contribution in [2.75, 3.05) is 17.3 Å². The Morgan fingerprint density at radius 2 is 1.84 bits per heavy atom. The minimum Gasteiger partial charge on any atom is -0.302 e. The number of sulfone groups is 1. The van der Waals surface area contributed by atoms with E-state index < -0.39 is 9.84 Å². The molecule has 1 aliphatic heterocycles. The molecule has 0 bridgehead atoms. The number of benzene rings is 1. The lowest BCUT2D eigenvalue weighted by Gasteiger charge is -2.22. The second-order valence-electron chi connectivity index (χ2n) is 8.51. The van der Waals surface area contributed by atoms with E-state index in [4.69, 9.17) is 0 Å². The maximum absolute atomic E-state index is 12.7. The monoisotopic (exact) mass is 459 g/mol. The molecule has 2 fully saturated rings. The summed E-state index contributed by atoms with van der Waals surface area (Å²) in [4.78, 5) is 12.7. The minimum absolute atomic E-state index is 0.0540. The van der Waals surface area contributed by atoms with Gasteiger partial charge in [0.05, 0.1) is 17.3 Å². The number of thioether (sulfide) groups is 1. The zero-order chi connectivity index (χ0) is 21.8. The first-order valence-electron chi connectivity index (χ1n) is 11.0. The molecule has 1 atom stereocenters. The number of carbonyl (C=O) groups excluding carboxylic acids is 1. The van der Waals surface area contributed by atoms with Crippen LogP contribution in [0.5, 0.6) is 0 Å². The molecule has 1 aromatic carbocycles. The number of hydrogen-bond donors (Lipinski definition) is 0. The van der Waals surface area contributed by atoms with Crippen molar-refractivity contribution in [1.29, 1.82) is 0 Å². The molecule has 4 rings (SSSR count). The first-order chi connectivity index (χ1) is 15.0. The van der Waals surface area contributed by atoms with E-state index in [-0.39, 0.29) is 29.0 Å². The smallest absolute Gasteiger partial charge is 0.191 e. The molecule has 0 amide bonds. The standard InChI is InChI=1S/C23H29N3O3S2/c1-2-13-26-22(20-12-14-31(28,29)16-20)24-25-23(26)30-15-21(27)19-10-8-18(9-11-19)17-6-4-3-5-7-17/h2,8-11,17,20H,1,3-7,12-16H2/t20-/m0/s1. The fraction of sp³-hybridized carbons (Fsp3) is 0.522. The zero-order valence-corrected chi connectivity index (χ0v) is 19.3. The van der Waals surface area contributed by atoms with Crippen LogP contribution >= 0.6 is 11.8 Å². The van der Waals surface area contributed by atoms with E-state index in [1.165, 1.54) is 49.4 Å². The van der Waals surface area contributed by atoms with Gasteiger partial charge in [-0.15, -0.1) is 16.8 Å². The van der Waals surface area contributed by atoms with Crippen molar-refractivity contribution in [3.05, 3.63) is 53.9 Å². The summed E-state index contributed by atoms with van der Waals surface area (Å²) in [5.41, 5.74) is 2.05. The molecular formula is C23H29N3O3S2. The average molecular weight is 460 g/mol. The Labute approximate surface area is 188 Å². The number of ketones is 1. The Balaban J connectivity index is 1.41. The lowest BCUT2D eigenvalue weighted by atomic mass is 9.84. The van der Waals surface area contributed by atoms with Gasteiger partial charge in [-0.1, -0.05) is 61.4 Å². The molecule has 2 heterocycles. The van der Waals surface area contributed by atoms with E-state index in [1.54, 1.807) is 6.08 Å². The van der Waals surface area contributed by atoms with Crippen molar-refractivity contribution in [2.45, 2.75) is 62.1 Å². The van der Waals surface area contributed by atoms with Crippen molar-refractivity contribution >= 4 is 27.4 Å². The molecule has 1 saturated carbocycles. The van der Waals surface area contributed by atoms with Crippen LogP contribution in [0.4, 0.5) is 0 Å². The first-order valence-corrected chi connectivity index (χ1v) is 13.8. The van der Waals surface area contributed by atoms with E-state index in [1.807, 2.05) is 16.7 Å². The van der Waals surface area contributed by atoms with Gasteiger partial charge in [0.2, 0.25) is 0 Å². The summed E-state index contributed by atoms with van der Waals surface area (Å²) in [7, 11) is -3.01. The molecule has 1 aliphatic carbocycles. The number of carbonyl (C=O) groups is 1. The molecule has 0 N–H and O–H groups in total. The second-order valence-corrected chi connectivity index (χ2v) is 11.7. The van der Waals surface area contributed by atoms with Gasteiger partial charge in [0.15, 0.2) is 20.8 Å². The van der Waals surface area contributed by atoms with Crippen LogP contribution in [0.3, 0.4) is 0 Å². The lowest BCUT2D eigenvalue weighted by Crippen LogP contribution is -2.12. The van der Waals surface area contributed by atoms with Gasteiger partial charge in [-0.25, -0.2) is 8.42 Å². The Hall–Kier alpha value is -1.93. The molecule has 1 aromatic heterocycles. The Morgan fingerprint density at radius 3 is 2.48 bits per heavy atom.